The molecule has 1 heterocycles. The third-order valence-corrected chi connectivity index (χ3v) is 3.25. The molecule has 0 aromatic carbocycles. The number of aromatic nitrogens is 1. The number of likely N-dealkylation sites (N-methyl/N-ethyl adjacent to an activating group) is 1. The monoisotopic (exact) mass is 207 g/mol. The third kappa shape index (κ3) is 3.01. The molecule has 0 bridgehead atoms. The molecule has 0 fully saturated rings. The van der Waals surface area contributed by atoms with Crippen LogP contribution in [0.5, 0.6) is 0 Å². The van der Waals surface area contributed by atoms with E-state index in [-0.39, 0.29) is 5.54 Å². The lowest BCUT2D eigenvalue weighted by molar-refractivity contribution is 0.130. The Morgan fingerprint density at radius 3 is 2.67 bits per heavy atom. The van der Waals surface area contributed by atoms with Crippen molar-refractivity contribution in [2.75, 3.05) is 13.6 Å². The first-order valence-corrected chi connectivity index (χ1v) is 5.43. The summed E-state index contributed by atoms with van der Waals surface area (Å²) in [6, 6.07) is 6.00. The van der Waals surface area contributed by atoms with Crippen LogP contribution in [0.15, 0.2) is 24.4 Å². The van der Waals surface area contributed by atoms with E-state index in [4.69, 9.17) is 5.73 Å². The van der Waals surface area contributed by atoms with Crippen LogP contribution in [0.3, 0.4) is 0 Å². The summed E-state index contributed by atoms with van der Waals surface area (Å²) in [4.78, 5) is 6.59. The molecule has 0 saturated heterocycles. The molecule has 0 aliphatic heterocycles. The Balaban J connectivity index is 2.66. The number of rotatable bonds is 5. The zero-order chi connectivity index (χ0) is 11.3. The van der Waals surface area contributed by atoms with E-state index in [2.05, 4.69) is 30.8 Å². The van der Waals surface area contributed by atoms with Crippen LogP contribution in [0.2, 0.25) is 0 Å². The first kappa shape index (κ1) is 12.1. The van der Waals surface area contributed by atoms with Crippen molar-refractivity contribution in [1.29, 1.82) is 0 Å². The van der Waals surface area contributed by atoms with E-state index < -0.39 is 0 Å². The van der Waals surface area contributed by atoms with Gasteiger partial charge in [-0.2, -0.15) is 0 Å². The summed E-state index contributed by atoms with van der Waals surface area (Å²) in [5, 5.41) is 0. The molecular formula is C12H21N3. The van der Waals surface area contributed by atoms with Crippen LogP contribution < -0.4 is 5.73 Å². The number of nitrogens with two attached hydrogens (primary N) is 1. The smallest absolute Gasteiger partial charge is 0.0544 e. The van der Waals surface area contributed by atoms with Gasteiger partial charge in [-0.1, -0.05) is 13.0 Å². The van der Waals surface area contributed by atoms with Crippen LogP contribution in [-0.4, -0.2) is 29.0 Å². The highest BCUT2D eigenvalue weighted by molar-refractivity contribution is 5.04. The molecule has 84 valence electrons. The second kappa shape index (κ2) is 5.24. The molecule has 0 amide bonds. The maximum atomic E-state index is 5.81. The molecule has 1 aromatic heterocycles. The van der Waals surface area contributed by atoms with Gasteiger partial charge >= 0.3 is 0 Å². The van der Waals surface area contributed by atoms with Gasteiger partial charge in [0.2, 0.25) is 0 Å². The Morgan fingerprint density at radius 1 is 1.47 bits per heavy atom. The number of hydrogen-bond donors (Lipinski definition) is 1. The molecule has 2 N–H and O–H groups in total. The SMILES string of the molecule is CCC(C)(CN)N(C)Cc1ccccn1. The molecule has 3 nitrogen and oxygen atoms in total. The van der Waals surface area contributed by atoms with Crippen molar-refractivity contribution >= 4 is 0 Å². The van der Waals surface area contributed by atoms with Gasteiger partial charge in [-0.05, 0) is 32.5 Å². The van der Waals surface area contributed by atoms with Gasteiger partial charge in [-0.25, -0.2) is 0 Å². The predicted octanol–water partition coefficient (Wildman–Crippen LogP) is 1.64. The predicted molar refractivity (Wildman–Crippen MR) is 63.5 cm³/mol. The summed E-state index contributed by atoms with van der Waals surface area (Å²) >= 11 is 0. The fourth-order valence-corrected chi connectivity index (χ4v) is 1.50. The standard InChI is InChI=1S/C12H21N3/c1-4-12(2,10-13)15(3)9-11-7-5-6-8-14-11/h5-8H,4,9-10,13H2,1-3H3. The molecule has 15 heavy (non-hydrogen) atoms. The Bertz CT molecular complexity index is 280. The highest BCUT2D eigenvalue weighted by atomic mass is 15.2. The molecule has 1 aromatic rings. The Morgan fingerprint density at radius 2 is 2.20 bits per heavy atom. The fourth-order valence-electron chi connectivity index (χ4n) is 1.50. The maximum Gasteiger partial charge on any atom is 0.0544 e. The lowest BCUT2D eigenvalue weighted by Crippen LogP contribution is -2.48. The molecule has 0 radical (unpaired) electrons. The Hall–Kier alpha value is -0.930. The van der Waals surface area contributed by atoms with E-state index in [1.165, 1.54) is 0 Å². The number of nitrogens with zero attached hydrogens (tertiary/aromatic N) is 2. The van der Waals surface area contributed by atoms with Crippen LogP contribution in [0.4, 0.5) is 0 Å². The second-order valence-corrected chi connectivity index (χ2v) is 4.23. The normalized spacial score (nSPS) is 15.3. The van der Waals surface area contributed by atoms with E-state index in [0.717, 1.165) is 18.7 Å². The van der Waals surface area contributed by atoms with Crippen molar-refractivity contribution in [3.63, 3.8) is 0 Å². The minimum absolute atomic E-state index is 0.0670. The zero-order valence-corrected chi connectivity index (χ0v) is 9.90. The van der Waals surface area contributed by atoms with E-state index in [9.17, 15) is 0 Å². The van der Waals surface area contributed by atoms with E-state index in [0.29, 0.717) is 6.54 Å². The first-order chi connectivity index (χ1) is 7.12. The van der Waals surface area contributed by atoms with Crippen LogP contribution in [0.25, 0.3) is 0 Å². The maximum absolute atomic E-state index is 5.81. The van der Waals surface area contributed by atoms with Crippen LogP contribution >= 0.6 is 0 Å². The van der Waals surface area contributed by atoms with Crippen LogP contribution in [-0.2, 0) is 6.54 Å². The quantitative estimate of drug-likeness (QED) is 0.798. The number of pyridine rings is 1. The molecule has 3 heteroatoms. The molecule has 0 saturated carbocycles. The average molecular weight is 207 g/mol. The molecule has 1 rings (SSSR count). The van der Waals surface area contributed by atoms with E-state index in [1.54, 1.807) is 0 Å². The summed E-state index contributed by atoms with van der Waals surface area (Å²) in [6.45, 7) is 5.88. The Labute approximate surface area is 92.3 Å². The van der Waals surface area contributed by atoms with Gasteiger partial charge in [0.15, 0.2) is 0 Å². The van der Waals surface area contributed by atoms with Crippen molar-refractivity contribution < 1.29 is 0 Å². The lowest BCUT2D eigenvalue weighted by Gasteiger charge is -2.37. The van der Waals surface area contributed by atoms with Crippen LogP contribution in [0, 0.1) is 0 Å². The van der Waals surface area contributed by atoms with Gasteiger partial charge in [-0.3, -0.25) is 9.88 Å². The van der Waals surface area contributed by atoms with Gasteiger partial charge in [-0.15, -0.1) is 0 Å². The van der Waals surface area contributed by atoms with Gasteiger partial charge in [0.1, 0.15) is 0 Å². The van der Waals surface area contributed by atoms with Gasteiger partial charge in [0.25, 0.3) is 0 Å². The van der Waals surface area contributed by atoms with Crippen molar-refractivity contribution in [1.82, 2.24) is 9.88 Å². The topological polar surface area (TPSA) is 42.1 Å². The molecule has 0 aliphatic rings. The van der Waals surface area contributed by atoms with Crippen molar-refractivity contribution in [3.8, 4) is 0 Å². The minimum atomic E-state index is 0.0670. The first-order valence-electron chi connectivity index (χ1n) is 5.43. The fraction of sp³-hybridized carbons (Fsp3) is 0.583. The molecule has 0 aliphatic carbocycles. The van der Waals surface area contributed by atoms with E-state index in [1.807, 2.05) is 24.4 Å². The second-order valence-electron chi connectivity index (χ2n) is 4.23. The third-order valence-electron chi connectivity index (χ3n) is 3.25. The Kier molecular flexibility index (Phi) is 4.24. The van der Waals surface area contributed by atoms with Crippen molar-refractivity contribution in [2.45, 2.75) is 32.4 Å². The summed E-state index contributed by atoms with van der Waals surface area (Å²) in [5.41, 5.74) is 6.97. The van der Waals surface area contributed by atoms with Gasteiger partial charge in [0, 0.05) is 24.8 Å². The summed E-state index contributed by atoms with van der Waals surface area (Å²) in [7, 11) is 2.10. The summed E-state index contributed by atoms with van der Waals surface area (Å²) < 4.78 is 0. The number of hydrogen-bond acceptors (Lipinski definition) is 3. The van der Waals surface area contributed by atoms with Crippen molar-refractivity contribution in [2.24, 2.45) is 5.73 Å². The summed E-state index contributed by atoms with van der Waals surface area (Å²) in [5.74, 6) is 0. The van der Waals surface area contributed by atoms with Crippen molar-refractivity contribution in [3.05, 3.63) is 30.1 Å². The lowest BCUT2D eigenvalue weighted by atomic mass is 9.97. The highest BCUT2D eigenvalue weighted by Gasteiger charge is 2.25. The largest absolute Gasteiger partial charge is 0.329 e. The highest BCUT2D eigenvalue weighted by Crippen LogP contribution is 2.17. The van der Waals surface area contributed by atoms with Gasteiger partial charge < -0.3 is 5.73 Å². The minimum Gasteiger partial charge on any atom is -0.329 e. The molecule has 1 unspecified atom stereocenters. The zero-order valence-electron chi connectivity index (χ0n) is 9.90. The van der Waals surface area contributed by atoms with Crippen LogP contribution in [0.1, 0.15) is 26.0 Å². The van der Waals surface area contributed by atoms with Gasteiger partial charge in [0.05, 0.1) is 5.69 Å². The summed E-state index contributed by atoms with van der Waals surface area (Å²) in [6.07, 6.45) is 2.88. The molecular weight excluding hydrogens is 186 g/mol. The molecule has 1 atom stereocenters. The van der Waals surface area contributed by atoms with E-state index >= 15 is 0 Å². The molecule has 0 spiro atoms. The average Bonchev–Trinajstić information content (AvgIpc) is 2.29.